The summed E-state index contributed by atoms with van der Waals surface area (Å²) in [6, 6.07) is 3.79. The maximum absolute atomic E-state index is 13.5. The molecule has 0 aromatic heterocycles. The summed E-state index contributed by atoms with van der Waals surface area (Å²) in [6.45, 7) is 14.8. The zero-order valence-corrected chi connectivity index (χ0v) is 23.3. The summed E-state index contributed by atoms with van der Waals surface area (Å²) >= 11 is 0. The van der Waals surface area contributed by atoms with Crippen molar-refractivity contribution in [2.24, 2.45) is 34.0 Å². The molecule has 5 rings (SSSR count). The standard InChI is InChI=1S/C30H40BO6.H2O/c1-7-28(5)14-24(37-25(33)16-35-20-12-17(2)21-15-36-31-22(21)13-20)29(6)18(3)8-10-30(19(4)27(28)34)11-9-23(32)26(29)30;/h7,12-13,18-19,24,26-27,34H,1,8-11,14-16H2,2-6H3;1H2/t18-,19+,24-,26+,27+,28-,29+,30+;/m1./s1. The molecular weight excluding hydrogens is 483 g/mol. The molecule has 0 saturated heterocycles. The molecule has 207 valence electrons. The average Bonchev–Trinajstić information content (AvgIpc) is 3.49. The highest BCUT2D eigenvalue weighted by atomic mass is 16.6. The van der Waals surface area contributed by atoms with Gasteiger partial charge in [-0.2, -0.15) is 0 Å². The zero-order chi connectivity index (χ0) is 26.8. The molecule has 8 heteroatoms. The van der Waals surface area contributed by atoms with Gasteiger partial charge in [0.25, 0.3) is 0 Å². The molecule has 0 unspecified atom stereocenters. The lowest BCUT2D eigenvalue weighted by molar-refractivity contribution is -0.207. The van der Waals surface area contributed by atoms with Crippen LogP contribution in [0.15, 0.2) is 24.8 Å². The van der Waals surface area contributed by atoms with E-state index in [9.17, 15) is 14.7 Å². The van der Waals surface area contributed by atoms with Gasteiger partial charge in [-0.3, -0.25) is 4.79 Å². The monoisotopic (exact) mass is 525 g/mol. The molecular formula is C30H42BO7. The van der Waals surface area contributed by atoms with Crippen LogP contribution in [0.1, 0.15) is 70.9 Å². The highest BCUT2D eigenvalue weighted by Crippen LogP contribution is 2.68. The highest BCUT2D eigenvalue weighted by molar-refractivity contribution is 6.49. The van der Waals surface area contributed by atoms with Crippen LogP contribution in [0, 0.1) is 40.9 Å². The summed E-state index contributed by atoms with van der Waals surface area (Å²) in [4.78, 5) is 26.8. The molecule has 8 atom stereocenters. The Morgan fingerprint density at radius 3 is 2.74 bits per heavy atom. The second-order valence-corrected chi connectivity index (χ2v) is 12.6. The molecule has 0 spiro atoms. The fourth-order valence-electron chi connectivity index (χ4n) is 8.25. The number of fused-ring (bicyclic) bond motifs is 1. The Bertz CT molecular complexity index is 1120. The van der Waals surface area contributed by atoms with Gasteiger partial charge in [-0.05, 0) is 78.6 Å². The number of carbonyl (C=O) groups is 2. The molecule has 2 bridgehead atoms. The van der Waals surface area contributed by atoms with Crippen molar-refractivity contribution in [2.75, 3.05) is 6.61 Å². The number of hydrogen-bond acceptors (Lipinski definition) is 6. The molecule has 1 heterocycles. The number of carbonyl (C=O) groups excluding carboxylic acids is 2. The molecule has 1 radical (unpaired) electrons. The van der Waals surface area contributed by atoms with Crippen LogP contribution in [-0.4, -0.2) is 48.6 Å². The Labute approximate surface area is 226 Å². The first kappa shape index (κ1) is 28.8. The first-order chi connectivity index (χ1) is 17.5. The van der Waals surface area contributed by atoms with Crippen LogP contribution in [0.3, 0.4) is 0 Å². The number of benzene rings is 1. The molecule has 1 aliphatic heterocycles. The van der Waals surface area contributed by atoms with Gasteiger partial charge in [0.05, 0.1) is 12.7 Å². The van der Waals surface area contributed by atoms with E-state index in [2.05, 4.69) is 27.4 Å². The lowest BCUT2D eigenvalue weighted by Crippen LogP contribution is -2.63. The fourth-order valence-corrected chi connectivity index (χ4v) is 8.25. The van der Waals surface area contributed by atoms with Gasteiger partial charge >= 0.3 is 13.5 Å². The minimum Gasteiger partial charge on any atom is -0.482 e. The smallest absolute Gasteiger partial charge is 0.344 e. The summed E-state index contributed by atoms with van der Waals surface area (Å²) < 4.78 is 17.5. The summed E-state index contributed by atoms with van der Waals surface area (Å²) in [5, 5.41) is 11.6. The molecule has 3 N–H and O–H groups in total. The number of rotatable bonds is 5. The van der Waals surface area contributed by atoms with Crippen molar-refractivity contribution in [3.63, 3.8) is 0 Å². The maximum atomic E-state index is 13.5. The van der Waals surface area contributed by atoms with Crippen molar-refractivity contribution in [3.8, 4) is 5.75 Å². The minimum absolute atomic E-state index is 0. The van der Waals surface area contributed by atoms with Crippen molar-refractivity contribution in [1.82, 2.24) is 0 Å². The van der Waals surface area contributed by atoms with E-state index in [4.69, 9.17) is 14.1 Å². The summed E-state index contributed by atoms with van der Waals surface area (Å²) in [5.41, 5.74) is 1.68. The molecule has 1 aromatic carbocycles. The summed E-state index contributed by atoms with van der Waals surface area (Å²) in [6.07, 6.45) is 4.17. The van der Waals surface area contributed by atoms with E-state index >= 15 is 0 Å². The van der Waals surface area contributed by atoms with Crippen LogP contribution >= 0.6 is 0 Å². The number of hydrogen-bond donors (Lipinski definition) is 1. The normalized spacial score (nSPS) is 39.5. The number of ketones is 1. The van der Waals surface area contributed by atoms with Crippen LogP contribution in [0.4, 0.5) is 0 Å². The van der Waals surface area contributed by atoms with Gasteiger partial charge in [0, 0.05) is 23.2 Å². The molecule has 1 aromatic rings. The third kappa shape index (κ3) is 4.24. The topological polar surface area (TPSA) is 114 Å². The van der Waals surface area contributed by atoms with Crippen LogP contribution in [0.25, 0.3) is 0 Å². The predicted molar refractivity (Wildman–Crippen MR) is 145 cm³/mol. The van der Waals surface area contributed by atoms with Crippen molar-refractivity contribution in [3.05, 3.63) is 35.9 Å². The van der Waals surface area contributed by atoms with Crippen molar-refractivity contribution in [1.29, 1.82) is 0 Å². The second-order valence-electron chi connectivity index (χ2n) is 12.6. The largest absolute Gasteiger partial charge is 0.482 e. The number of esters is 1. The number of ether oxygens (including phenoxy) is 2. The predicted octanol–water partition coefficient (Wildman–Crippen LogP) is 3.23. The first-order valence-corrected chi connectivity index (χ1v) is 13.7. The van der Waals surface area contributed by atoms with Gasteiger partial charge in [0.2, 0.25) is 0 Å². The van der Waals surface area contributed by atoms with Gasteiger partial charge in [-0.1, -0.05) is 33.8 Å². The van der Waals surface area contributed by atoms with Crippen molar-refractivity contribution in [2.45, 2.75) is 85.5 Å². The Morgan fingerprint density at radius 2 is 2.03 bits per heavy atom. The van der Waals surface area contributed by atoms with Gasteiger partial charge in [0.1, 0.15) is 17.6 Å². The lowest BCUT2D eigenvalue weighted by atomic mass is 9.44. The highest BCUT2D eigenvalue weighted by Gasteiger charge is 2.68. The van der Waals surface area contributed by atoms with Gasteiger partial charge in [0.15, 0.2) is 6.61 Å². The average molecular weight is 525 g/mol. The quantitative estimate of drug-likeness (QED) is 0.359. The van der Waals surface area contributed by atoms with E-state index < -0.39 is 29.0 Å². The number of aryl methyl sites for hydroxylation is 1. The molecule has 3 saturated carbocycles. The molecule has 38 heavy (non-hydrogen) atoms. The minimum atomic E-state index is -0.679. The van der Waals surface area contributed by atoms with Crippen LogP contribution in [0.5, 0.6) is 5.75 Å². The number of aliphatic hydroxyl groups is 1. The zero-order valence-electron chi connectivity index (χ0n) is 23.3. The van der Waals surface area contributed by atoms with E-state index in [-0.39, 0.29) is 41.0 Å². The molecule has 3 fully saturated rings. The number of Topliss-reactive ketones (excluding diaryl/α,β-unsaturated/α-hetero) is 1. The third-order valence-electron chi connectivity index (χ3n) is 10.9. The molecule has 3 aliphatic carbocycles. The third-order valence-corrected chi connectivity index (χ3v) is 10.9. The molecule has 0 amide bonds. The van der Waals surface area contributed by atoms with Crippen LogP contribution < -0.4 is 10.2 Å². The molecule has 4 aliphatic rings. The van der Waals surface area contributed by atoms with E-state index in [0.717, 1.165) is 35.9 Å². The first-order valence-electron chi connectivity index (χ1n) is 13.7. The molecule has 7 nitrogen and oxygen atoms in total. The van der Waals surface area contributed by atoms with E-state index in [1.807, 2.05) is 32.1 Å². The van der Waals surface area contributed by atoms with E-state index in [1.165, 1.54) is 0 Å². The summed E-state index contributed by atoms with van der Waals surface area (Å²) in [5.74, 6) is 0.277. The van der Waals surface area contributed by atoms with Gasteiger partial charge < -0.3 is 24.7 Å². The number of aliphatic hydroxyl groups excluding tert-OH is 1. The van der Waals surface area contributed by atoms with E-state index in [1.54, 1.807) is 7.48 Å². The lowest BCUT2D eigenvalue weighted by Gasteiger charge is -2.61. The Balaban J connectivity index is 0.00000336. The summed E-state index contributed by atoms with van der Waals surface area (Å²) in [7, 11) is 1.71. The fraction of sp³-hybridized carbons (Fsp3) is 0.667. The SMILES string of the molecule is C=C[C@]1(C)C[C@@H](OC(=O)COc2cc(C)c3c(c2)[B]OC3)[C@]2(C)[C@H](C)CC[C@]3(CCC(=O)[C@H]32)[C@@H](C)[C@@H]1O.O. The van der Waals surface area contributed by atoms with Gasteiger partial charge in [-0.25, -0.2) is 4.79 Å². The van der Waals surface area contributed by atoms with E-state index in [0.29, 0.717) is 25.2 Å². The second kappa shape index (κ2) is 10.1. The van der Waals surface area contributed by atoms with Crippen LogP contribution in [0.2, 0.25) is 0 Å². The Morgan fingerprint density at radius 1 is 1.29 bits per heavy atom. The maximum Gasteiger partial charge on any atom is 0.344 e. The van der Waals surface area contributed by atoms with Crippen molar-refractivity contribution < 1.29 is 34.3 Å². The Kier molecular flexibility index (Phi) is 7.67. The van der Waals surface area contributed by atoms with Crippen molar-refractivity contribution >= 4 is 24.7 Å². The Hall–Kier alpha value is -2.16. The van der Waals surface area contributed by atoms with Gasteiger partial charge in [-0.15, -0.1) is 6.58 Å². The van der Waals surface area contributed by atoms with Crippen LogP contribution in [-0.2, 0) is 25.6 Å².